The lowest BCUT2D eigenvalue weighted by Crippen LogP contribution is -2.63. The number of nitrogens with one attached hydrogen (secondary N) is 2. The van der Waals surface area contributed by atoms with Gasteiger partial charge in [-0.1, -0.05) is 27.7 Å². The highest BCUT2D eigenvalue weighted by Gasteiger charge is 2.42. The molecule has 0 bridgehead atoms. The number of hydrogen-bond donors (Lipinski definition) is 2. The van der Waals surface area contributed by atoms with E-state index in [4.69, 9.17) is 0 Å². The summed E-state index contributed by atoms with van der Waals surface area (Å²) < 4.78 is 0. The van der Waals surface area contributed by atoms with Crippen LogP contribution in [0.4, 0.5) is 0 Å². The molecule has 3 heteroatoms. The Kier molecular flexibility index (Phi) is 5.65. The zero-order chi connectivity index (χ0) is 15.6. The van der Waals surface area contributed by atoms with Gasteiger partial charge in [-0.15, -0.1) is 0 Å². The monoisotopic (exact) mass is 270 g/mol. The molecule has 0 saturated carbocycles. The molecule has 0 aliphatic rings. The van der Waals surface area contributed by atoms with Crippen molar-refractivity contribution in [3.63, 3.8) is 0 Å². The second-order valence-electron chi connectivity index (χ2n) is 7.88. The van der Waals surface area contributed by atoms with Crippen molar-refractivity contribution < 1.29 is 4.79 Å². The number of carbonyl (C=O) groups excluding carboxylic acids is 1. The normalized spacial score (nSPS) is 14.1. The average molecular weight is 270 g/mol. The average Bonchev–Trinajstić information content (AvgIpc) is 2.13. The van der Waals surface area contributed by atoms with Gasteiger partial charge in [0, 0.05) is 11.6 Å². The first-order chi connectivity index (χ1) is 8.24. The van der Waals surface area contributed by atoms with Crippen LogP contribution in [-0.2, 0) is 4.79 Å². The maximum absolute atomic E-state index is 12.5. The molecule has 3 nitrogen and oxygen atoms in total. The lowest BCUT2D eigenvalue weighted by atomic mass is 9.67. The standard InChI is InChI=1S/C16H34N2O/c1-11(2)14(5,6)16(9,10)18-13(19)15(7,8)17-12(3)4/h11-12,17H,1-10H3,(H,18,19). The van der Waals surface area contributed by atoms with Crippen LogP contribution in [0.15, 0.2) is 0 Å². The van der Waals surface area contributed by atoms with Crippen molar-refractivity contribution in [3.05, 3.63) is 0 Å². The zero-order valence-electron chi connectivity index (χ0n) is 14.6. The Morgan fingerprint density at radius 3 is 1.63 bits per heavy atom. The zero-order valence-corrected chi connectivity index (χ0v) is 14.6. The molecule has 0 aliphatic carbocycles. The van der Waals surface area contributed by atoms with E-state index in [0.29, 0.717) is 5.92 Å². The first kappa shape index (κ1) is 18.4. The van der Waals surface area contributed by atoms with Crippen LogP contribution in [0.2, 0.25) is 0 Å². The van der Waals surface area contributed by atoms with E-state index in [-0.39, 0.29) is 22.9 Å². The van der Waals surface area contributed by atoms with Crippen molar-refractivity contribution in [2.24, 2.45) is 11.3 Å². The van der Waals surface area contributed by atoms with Crippen molar-refractivity contribution in [1.82, 2.24) is 10.6 Å². The van der Waals surface area contributed by atoms with Gasteiger partial charge in [-0.05, 0) is 52.9 Å². The molecule has 0 aromatic rings. The Morgan fingerprint density at radius 2 is 1.32 bits per heavy atom. The summed E-state index contributed by atoms with van der Waals surface area (Å²) >= 11 is 0. The number of amides is 1. The molecule has 0 heterocycles. The van der Waals surface area contributed by atoms with Crippen molar-refractivity contribution in [2.75, 3.05) is 0 Å². The molecule has 0 spiro atoms. The smallest absolute Gasteiger partial charge is 0.240 e. The van der Waals surface area contributed by atoms with Gasteiger partial charge in [-0.25, -0.2) is 0 Å². The molecular formula is C16H34N2O. The maximum atomic E-state index is 12.5. The fraction of sp³-hybridized carbons (Fsp3) is 0.938. The minimum atomic E-state index is -0.557. The molecule has 0 atom stereocenters. The van der Waals surface area contributed by atoms with Crippen molar-refractivity contribution in [3.8, 4) is 0 Å². The number of hydrogen-bond acceptors (Lipinski definition) is 2. The predicted octanol–water partition coefficient (Wildman–Crippen LogP) is 3.34. The van der Waals surface area contributed by atoms with E-state index in [9.17, 15) is 4.79 Å². The second-order valence-corrected chi connectivity index (χ2v) is 7.88. The molecule has 0 aromatic carbocycles. The van der Waals surface area contributed by atoms with Gasteiger partial charge in [0.1, 0.15) is 0 Å². The molecule has 0 aromatic heterocycles. The van der Waals surface area contributed by atoms with Gasteiger partial charge in [0.2, 0.25) is 5.91 Å². The van der Waals surface area contributed by atoms with Crippen LogP contribution in [-0.4, -0.2) is 23.0 Å². The Morgan fingerprint density at radius 1 is 0.895 bits per heavy atom. The van der Waals surface area contributed by atoms with Crippen molar-refractivity contribution in [1.29, 1.82) is 0 Å². The van der Waals surface area contributed by atoms with E-state index in [1.54, 1.807) is 0 Å². The number of carbonyl (C=O) groups is 1. The molecule has 1 amide bonds. The molecule has 19 heavy (non-hydrogen) atoms. The van der Waals surface area contributed by atoms with Gasteiger partial charge >= 0.3 is 0 Å². The van der Waals surface area contributed by atoms with E-state index >= 15 is 0 Å². The predicted molar refractivity (Wildman–Crippen MR) is 83.2 cm³/mol. The molecule has 2 N–H and O–H groups in total. The molecule has 0 unspecified atom stereocenters. The Labute approximate surface area is 119 Å². The highest BCUT2D eigenvalue weighted by molar-refractivity contribution is 5.86. The van der Waals surface area contributed by atoms with Crippen LogP contribution in [0.3, 0.4) is 0 Å². The summed E-state index contributed by atoms with van der Waals surface area (Å²) in [5, 5.41) is 6.53. The fourth-order valence-corrected chi connectivity index (χ4v) is 2.11. The first-order valence-electron chi connectivity index (χ1n) is 7.34. The third-order valence-electron chi connectivity index (χ3n) is 4.70. The summed E-state index contributed by atoms with van der Waals surface area (Å²) in [5.41, 5.74) is -0.788. The summed E-state index contributed by atoms with van der Waals surface area (Å²) in [6.45, 7) is 21.0. The minimum Gasteiger partial charge on any atom is -0.349 e. The van der Waals surface area contributed by atoms with Crippen molar-refractivity contribution in [2.45, 2.75) is 86.4 Å². The Balaban J connectivity index is 4.99. The summed E-state index contributed by atoms with van der Waals surface area (Å²) in [5.74, 6) is 0.545. The van der Waals surface area contributed by atoms with E-state index < -0.39 is 5.54 Å². The lowest BCUT2D eigenvalue weighted by molar-refractivity contribution is -0.130. The number of rotatable bonds is 6. The summed E-state index contributed by atoms with van der Waals surface area (Å²) in [7, 11) is 0. The van der Waals surface area contributed by atoms with Crippen LogP contribution in [0.25, 0.3) is 0 Å². The molecular weight excluding hydrogens is 236 g/mol. The highest BCUT2D eigenvalue weighted by atomic mass is 16.2. The van der Waals surface area contributed by atoms with Gasteiger partial charge in [-0.2, -0.15) is 0 Å². The minimum absolute atomic E-state index is 0.0244. The molecule has 0 fully saturated rings. The maximum Gasteiger partial charge on any atom is 0.240 e. The SMILES string of the molecule is CC(C)NC(C)(C)C(=O)NC(C)(C)C(C)(C)C(C)C. The largest absolute Gasteiger partial charge is 0.349 e. The summed E-state index contributed by atoms with van der Waals surface area (Å²) in [4.78, 5) is 12.5. The third kappa shape index (κ3) is 4.48. The van der Waals surface area contributed by atoms with Gasteiger partial charge in [0.25, 0.3) is 0 Å². The summed E-state index contributed by atoms with van der Waals surface area (Å²) in [6, 6.07) is 0.280. The van der Waals surface area contributed by atoms with E-state index in [1.165, 1.54) is 0 Å². The van der Waals surface area contributed by atoms with Crippen LogP contribution in [0.1, 0.15) is 69.2 Å². The van der Waals surface area contributed by atoms with Crippen molar-refractivity contribution >= 4 is 5.91 Å². The van der Waals surface area contributed by atoms with Crippen LogP contribution < -0.4 is 10.6 Å². The lowest BCUT2D eigenvalue weighted by Gasteiger charge is -2.46. The molecule has 0 aliphatic heterocycles. The second kappa shape index (κ2) is 5.82. The fourth-order valence-electron chi connectivity index (χ4n) is 2.11. The van der Waals surface area contributed by atoms with Gasteiger partial charge in [0.05, 0.1) is 5.54 Å². The van der Waals surface area contributed by atoms with Crippen LogP contribution in [0.5, 0.6) is 0 Å². The quantitative estimate of drug-likeness (QED) is 0.777. The highest BCUT2D eigenvalue weighted by Crippen LogP contribution is 2.38. The van der Waals surface area contributed by atoms with E-state index in [0.717, 1.165) is 0 Å². The van der Waals surface area contributed by atoms with Gasteiger partial charge in [-0.3, -0.25) is 4.79 Å². The molecule has 114 valence electrons. The molecule has 0 radical (unpaired) electrons. The molecule has 0 rings (SSSR count). The van der Waals surface area contributed by atoms with E-state index in [2.05, 4.69) is 66.0 Å². The molecule has 0 saturated heterocycles. The van der Waals surface area contributed by atoms with Crippen LogP contribution in [0, 0.1) is 11.3 Å². The summed E-state index contributed by atoms with van der Waals surface area (Å²) in [6.07, 6.45) is 0. The third-order valence-corrected chi connectivity index (χ3v) is 4.70. The van der Waals surface area contributed by atoms with Crippen LogP contribution >= 0.6 is 0 Å². The van der Waals surface area contributed by atoms with E-state index in [1.807, 2.05) is 13.8 Å². The Hall–Kier alpha value is -0.570. The van der Waals surface area contributed by atoms with Gasteiger partial charge < -0.3 is 10.6 Å². The first-order valence-corrected chi connectivity index (χ1v) is 7.34. The van der Waals surface area contributed by atoms with Gasteiger partial charge in [0.15, 0.2) is 0 Å². The Bertz CT molecular complexity index is 315. The topological polar surface area (TPSA) is 41.1 Å².